The van der Waals surface area contributed by atoms with Crippen molar-refractivity contribution in [2.24, 2.45) is 0 Å². The van der Waals surface area contributed by atoms with Gasteiger partial charge in [-0.2, -0.15) is 4.98 Å². The normalized spacial score (nSPS) is 14.5. The summed E-state index contributed by atoms with van der Waals surface area (Å²) in [5.41, 5.74) is 5.01. The van der Waals surface area contributed by atoms with E-state index in [9.17, 15) is 4.79 Å². The minimum Gasteiger partial charge on any atom is -0.484 e. The number of hydrogen-bond acceptors (Lipinski definition) is 5. The van der Waals surface area contributed by atoms with E-state index in [1.807, 2.05) is 56.0 Å². The molecular weight excluding hydrogens is 354 g/mol. The van der Waals surface area contributed by atoms with E-state index in [1.54, 1.807) is 0 Å². The molecule has 0 N–H and O–H groups in total. The van der Waals surface area contributed by atoms with Gasteiger partial charge in [-0.3, -0.25) is 4.79 Å². The predicted molar refractivity (Wildman–Crippen MR) is 109 cm³/mol. The van der Waals surface area contributed by atoms with Crippen molar-refractivity contribution in [2.45, 2.75) is 20.8 Å². The molecule has 3 aromatic rings. The van der Waals surface area contributed by atoms with E-state index >= 15 is 0 Å². The van der Waals surface area contributed by atoms with Crippen LogP contribution in [-0.4, -0.2) is 48.6 Å². The molecule has 0 unspecified atom stereocenters. The van der Waals surface area contributed by atoms with E-state index in [-0.39, 0.29) is 12.5 Å². The Morgan fingerprint density at radius 3 is 2.57 bits per heavy atom. The SMILES string of the molecule is Cc1ccc(OCC(=O)N2CCN(c3nc4cccc(C)c4o3)CC2)c(C)c1. The van der Waals surface area contributed by atoms with Gasteiger partial charge < -0.3 is 19.0 Å². The summed E-state index contributed by atoms with van der Waals surface area (Å²) in [7, 11) is 0. The first-order valence-electron chi connectivity index (χ1n) is 9.60. The van der Waals surface area contributed by atoms with Crippen molar-refractivity contribution in [3.05, 3.63) is 53.1 Å². The van der Waals surface area contributed by atoms with Crippen molar-refractivity contribution < 1.29 is 13.9 Å². The van der Waals surface area contributed by atoms with Crippen LogP contribution in [0.4, 0.5) is 6.01 Å². The zero-order valence-electron chi connectivity index (χ0n) is 16.6. The highest BCUT2D eigenvalue weighted by Gasteiger charge is 2.24. The number of nitrogens with zero attached hydrogens (tertiary/aromatic N) is 3. The number of benzene rings is 2. The fourth-order valence-corrected chi connectivity index (χ4v) is 3.55. The first kappa shape index (κ1) is 18.3. The zero-order valence-corrected chi connectivity index (χ0v) is 16.6. The largest absolute Gasteiger partial charge is 0.484 e. The lowest BCUT2D eigenvalue weighted by Crippen LogP contribution is -2.50. The summed E-state index contributed by atoms with van der Waals surface area (Å²) in [6.07, 6.45) is 0. The van der Waals surface area contributed by atoms with E-state index in [1.165, 1.54) is 5.56 Å². The number of anilines is 1. The number of carbonyl (C=O) groups is 1. The third-order valence-electron chi connectivity index (χ3n) is 5.19. The van der Waals surface area contributed by atoms with Crippen LogP contribution in [0.5, 0.6) is 5.75 Å². The Balaban J connectivity index is 1.34. The summed E-state index contributed by atoms with van der Waals surface area (Å²) >= 11 is 0. The van der Waals surface area contributed by atoms with E-state index in [0.717, 1.165) is 28.0 Å². The average Bonchev–Trinajstić information content (AvgIpc) is 3.13. The van der Waals surface area contributed by atoms with E-state index in [2.05, 4.69) is 16.0 Å². The Morgan fingerprint density at radius 1 is 1.07 bits per heavy atom. The van der Waals surface area contributed by atoms with Crippen LogP contribution in [0.1, 0.15) is 16.7 Å². The lowest BCUT2D eigenvalue weighted by atomic mass is 10.1. The molecule has 6 heteroatoms. The van der Waals surface area contributed by atoms with E-state index in [4.69, 9.17) is 9.15 Å². The maximum atomic E-state index is 12.5. The molecule has 4 rings (SSSR count). The molecule has 0 atom stereocenters. The number of oxazole rings is 1. The molecule has 0 bridgehead atoms. The van der Waals surface area contributed by atoms with Crippen molar-refractivity contribution in [3.8, 4) is 5.75 Å². The lowest BCUT2D eigenvalue weighted by Gasteiger charge is -2.33. The van der Waals surface area contributed by atoms with Crippen LogP contribution < -0.4 is 9.64 Å². The minimum atomic E-state index is 0.00744. The second-order valence-electron chi connectivity index (χ2n) is 7.35. The van der Waals surface area contributed by atoms with Gasteiger partial charge in [0.1, 0.15) is 11.3 Å². The van der Waals surface area contributed by atoms with Crippen molar-refractivity contribution in [3.63, 3.8) is 0 Å². The summed E-state index contributed by atoms with van der Waals surface area (Å²) in [4.78, 5) is 21.0. The molecule has 0 saturated carbocycles. The van der Waals surface area contributed by atoms with Crippen LogP contribution in [0.15, 0.2) is 40.8 Å². The van der Waals surface area contributed by atoms with Crippen LogP contribution >= 0.6 is 0 Å². The average molecular weight is 379 g/mol. The molecule has 2 heterocycles. The number of hydrogen-bond donors (Lipinski definition) is 0. The summed E-state index contributed by atoms with van der Waals surface area (Å²) < 4.78 is 11.7. The highest BCUT2D eigenvalue weighted by atomic mass is 16.5. The smallest absolute Gasteiger partial charge is 0.298 e. The molecule has 2 aromatic carbocycles. The molecule has 1 aliphatic rings. The van der Waals surface area contributed by atoms with Gasteiger partial charge in [-0.15, -0.1) is 0 Å². The van der Waals surface area contributed by atoms with Crippen LogP contribution in [0.25, 0.3) is 11.1 Å². The minimum absolute atomic E-state index is 0.00744. The molecule has 1 fully saturated rings. The summed E-state index contributed by atoms with van der Waals surface area (Å²) in [5, 5.41) is 0. The molecule has 0 spiro atoms. The van der Waals surface area contributed by atoms with E-state index < -0.39 is 0 Å². The Morgan fingerprint density at radius 2 is 1.86 bits per heavy atom. The van der Waals surface area contributed by atoms with Gasteiger partial charge in [0.2, 0.25) is 0 Å². The van der Waals surface area contributed by atoms with Crippen molar-refractivity contribution >= 4 is 23.0 Å². The molecule has 146 valence electrons. The Labute approximate surface area is 164 Å². The van der Waals surface area contributed by atoms with Gasteiger partial charge in [0.25, 0.3) is 11.9 Å². The summed E-state index contributed by atoms with van der Waals surface area (Å²) in [6, 6.07) is 12.6. The third kappa shape index (κ3) is 3.67. The number of aryl methyl sites for hydroxylation is 3. The summed E-state index contributed by atoms with van der Waals surface area (Å²) in [5.74, 6) is 0.771. The molecule has 1 aromatic heterocycles. The number of rotatable bonds is 4. The number of aromatic nitrogens is 1. The number of carbonyl (C=O) groups excluding carboxylic acids is 1. The highest BCUT2D eigenvalue weighted by molar-refractivity contribution is 5.79. The highest BCUT2D eigenvalue weighted by Crippen LogP contribution is 2.25. The van der Waals surface area contributed by atoms with E-state index in [0.29, 0.717) is 32.2 Å². The molecule has 6 nitrogen and oxygen atoms in total. The third-order valence-corrected chi connectivity index (χ3v) is 5.19. The molecule has 1 amide bonds. The Kier molecular flexibility index (Phi) is 4.94. The van der Waals surface area contributed by atoms with Gasteiger partial charge in [-0.05, 0) is 44.0 Å². The van der Waals surface area contributed by atoms with Crippen molar-refractivity contribution in [1.29, 1.82) is 0 Å². The maximum absolute atomic E-state index is 12.5. The molecule has 28 heavy (non-hydrogen) atoms. The number of piperazine rings is 1. The Hall–Kier alpha value is -3.02. The van der Waals surface area contributed by atoms with Crippen molar-refractivity contribution in [2.75, 3.05) is 37.7 Å². The lowest BCUT2D eigenvalue weighted by molar-refractivity contribution is -0.133. The molecule has 0 aliphatic carbocycles. The molecular formula is C22H25N3O3. The van der Waals surface area contributed by atoms with Gasteiger partial charge in [0, 0.05) is 26.2 Å². The number of para-hydroxylation sites is 1. The van der Waals surface area contributed by atoms with Crippen LogP contribution in [0.2, 0.25) is 0 Å². The molecule has 0 radical (unpaired) electrons. The van der Waals surface area contributed by atoms with Crippen LogP contribution in [-0.2, 0) is 4.79 Å². The monoisotopic (exact) mass is 379 g/mol. The fraction of sp³-hybridized carbons (Fsp3) is 0.364. The maximum Gasteiger partial charge on any atom is 0.298 e. The number of fused-ring (bicyclic) bond motifs is 1. The van der Waals surface area contributed by atoms with Gasteiger partial charge in [-0.1, -0.05) is 29.8 Å². The predicted octanol–water partition coefficient (Wildman–Crippen LogP) is 3.48. The van der Waals surface area contributed by atoms with Crippen LogP contribution in [0.3, 0.4) is 0 Å². The first-order valence-corrected chi connectivity index (χ1v) is 9.60. The molecule has 1 saturated heterocycles. The van der Waals surface area contributed by atoms with Crippen molar-refractivity contribution in [1.82, 2.24) is 9.88 Å². The zero-order chi connectivity index (χ0) is 19.7. The van der Waals surface area contributed by atoms with Gasteiger partial charge in [0.05, 0.1) is 0 Å². The topological polar surface area (TPSA) is 58.8 Å². The number of amides is 1. The fourth-order valence-electron chi connectivity index (χ4n) is 3.55. The quantitative estimate of drug-likeness (QED) is 0.695. The number of ether oxygens (including phenoxy) is 1. The standard InChI is InChI=1S/C22H25N3O3/c1-15-7-8-19(17(3)13-15)27-14-20(26)24-9-11-25(12-10-24)22-23-18-6-4-5-16(2)21(18)28-22/h4-8,13H,9-12,14H2,1-3H3. The second kappa shape index (κ2) is 7.54. The summed E-state index contributed by atoms with van der Waals surface area (Å²) in [6.45, 7) is 8.77. The van der Waals surface area contributed by atoms with Crippen LogP contribution in [0, 0.1) is 20.8 Å². The van der Waals surface area contributed by atoms with Gasteiger partial charge in [0.15, 0.2) is 12.2 Å². The van der Waals surface area contributed by atoms with Gasteiger partial charge in [-0.25, -0.2) is 0 Å². The second-order valence-corrected chi connectivity index (χ2v) is 7.35. The Bertz CT molecular complexity index is 1000. The van der Waals surface area contributed by atoms with Gasteiger partial charge >= 0.3 is 0 Å². The molecule has 1 aliphatic heterocycles. The first-order chi connectivity index (χ1) is 13.5.